The van der Waals surface area contributed by atoms with Gasteiger partial charge in [-0.2, -0.15) is 0 Å². The average Bonchev–Trinajstić information content (AvgIpc) is 3.64. The van der Waals surface area contributed by atoms with E-state index in [0.717, 1.165) is 22.3 Å². The minimum Gasteiger partial charge on any atom is -0.481 e. The number of carbonyl (C=O) groups is 2. The molecule has 8 heteroatoms. The van der Waals surface area contributed by atoms with Gasteiger partial charge in [0.25, 0.3) is 0 Å². The number of imidazole rings is 1. The van der Waals surface area contributed by atoms with Gasteiger partial charge in [-0.05, 0) is 54.2 Å². The number of benzene rings is 3. The summed E-state index contributed by atoms with van der Waals surface area (Å²) in [6, 6.07) is 24.2. The number of aromatic amines is 1. The first-order chi connectivity index (χ1) is 17.4. The molecule has 1 heterocycles. The fraction of sp³-hybridized carbons (Fsp3) is 0.179. The van der Waals surface area contributed by atoms with Gasteiger partial charge in [-0.25, -0.2) is 14.2 Å². The minimum atomic E-state index is -0.778. The van der Waals surface area contributed by atoms with Gasteiger partial charge in [0.05, 0.1) is 11.1 Å². The average molecular weight is 484 g/mol. The zero-order valence-corrected chi connectivity index (χ0v) is 19.6. The standard InChI is InChI=1S/C28H25N3O5/c1-18(19-5-3-2-4-6-19)36-27(35)30-24-17-29-26(34)31(24)23-13-9-21(10-14-23)20-7-11-22(12-8-20)28(15-16-28)25(32)33/h2-14,17-18H,15-16H2,1H3,(H,29,34)(H,30,35)(H,32,33). The smallest absolute Gasteiger partial charge is 0.413 e. The number of carbonyl (C=O) groups excluding carboxylic acids is 1. The highest BCUT2D eigenvalue weighted by Gasteiger charge is 2.51. The van der Waals surface area contributed by atoms with Crippen LogP contribution in [0.25, 0.3) is 16.8 Å². The molecule has 1 aliphatic rings. The van der Waals surface area contributed by atoms with Gasteiger partial charge in [0, 0.05) is 6.20 Å². The van der Waals surface area contributed by atoms with Gasteiger partial charge in [-0.15, -0.1) is 0 Å². The van der Waals surface area contributed by atoms with E-state index in [-0.39, 0.29) is 5.82 Å². The number of aromatic nitrogens is 2. The van der Waals surface area contributed by atoms with Crippen LogP contribution in [0, 0.1) is 0 Å². The van der Waals surface area contributed by atoms with E-state index in [4.69, 9.17) is 4.74 Å². The highest BCUT2D eigenvalue weighted by molar-refractivity contribution is 5.85. The van der Waals surface area contributed by atoms with Gasteiger partial charge in [-0.1, -0.05) is 66.7 Å². The van der Waals surface area contributed by atoms with E-state index < -0.39 is 29.3 Å². The molecule has 8 nitrogen and oxygen atoms in total. The SMILES string of the molecule is CC(OC(=O)Nc1c[nH]c(=O)n1-c1ccc(-c2ccc(C3(C(=O)O)CC3)cc2)cc1)c1ccccc1. The summed E-state index contributed by atoms with van der Waals surface area (Å²) in [5.74, 6) is -0.523. The summed E-state index contributed by atoms with van der Waals surface area (Å²) in [4.78, 5) is 39.1. The van der Waals surface area contributed by atoms with Gasteiger partial charge in [-0.3, -0.25) is 10.1 Å². The third-order valence-corrected chi connectivity index (χ3v) is 6.61. The summed E-state index contributed by atoms with van der Waals surface area (Å²) in [7, 11) is 0. The van der Waals surface area contributed by atoms with E-state index in [1.54, 1.807) is 19.1 Å². The van der Waals surface area contributed by atoms with E-state index in [2.05, 4.69) is 10.3 Å². The van der Waals surface area contributed by atoms with Crippen LogP contribution in [0.1, 0.15) is 37.0 Å². The Bertz CT molecular complexity index is 1450. The number of anilines is 1. The van der Waals surface area contributed by atoms with Crippen molar-refractivity contribution in [3.63, 3.8) is 0 Å². The van der Waals surface area contributed by atoms with Crippen molar-refractivity contribution < 1.29 is 19.4 Å². The Morgan fingerprint density at radius 1 is 0.972 bits per heavy atom. The van der Waals surface area contributed by atoms with Crippen molar-refractivity contribution in [2.45, 2.75) is 31.3 Å². The van der Waals surface area contributed by atoms with E-state index in [1.807, 2.05) is 66.7 Å². The molecule has 1 amide bonds. The molecule has 4 aromatic rings. The second-order valence-corrected chi connectivity index (χ2v) is 8.91. The van der Waals surface area contributed by atoms with Gasteiger partial charge < -0.3 is 14.8 Å². The highest BCUT2D eigenvalue weighted by atomic mass is 16.6. The highest BCUT2D eigenvalue weighted by Crippen LogP contribution is 2.48. The molecule has 0 bridgehead atoms. The zero-order valence-electron chi connectivity index (χ0n) is 19.6. The number of hydrogen-bond donors (Lipinski definition) is 3. The van der Waals surface area contributed by atoms with Gasteiger partial charge >= 0.3 is 17.8 Å². The molecule has 0 aliphatic heterocycles. The molecule has 1 aromatic heterocycles. The molecule has 1 saturated carbocycles. The molecule has 0 saturated heterocycles. The molecule has 0 radical (unpaired) electrons. The van der Waals surface area contributed by atoms with Crippen LogP contribution in [-0.2, 0) is 14.9 Å². The summed E-state index contributed by atoms with van der Waals surface area (Å²) in [6.07, 6.45) is 1.61. The lowest BCUT2D eigenvalue weighted by molar-refractivity contribution is -0.140. The van der Waals surface area contributed by atoms with Gasteiger partial charge in [0.1, 0.15) is 11.9 Å². The quantitative estimate of drug-likeness (QED) is 0.332. The zero-order chi connectivity index (χ0) is 25.3. The normalized spacial score (nSPS) is 14.6. The fourth-order valence-corrected chi connectivity index (χ4v) is 4.34. The van der Waals surface area contributed by atoms with Crippen molar-refractivity contribution >= 4 is 17.9 Å². The molecule has 1 aliphatic carbocycles. The number of carboxylic acids is 1. The number of rotatable bonds is 7. The number of ether oxygens (including phenoxy) is 1. The number of H-pyrrole nitrogens is 1. The monoisotopic (exact) mass is 483 g/mol. The second-order valence-electron chi connectivity index (χ2n) is 8.91. The molecule has 1 fully saturated rings. The summed E-state index contributed by atoms with van der Waals surface area (Å²) >= 11 is 0. The number of amides is 1. The van der Waals surface area contributed by atoms with Gasteiger partial charge in [0.15, 0.2) is 0 Å². The van der Waals surface area contributed by atoms with E-state index in [9.17, 15) is 19.5 Å². The molecule has 0 spiro atoms. The van der Waals surface area contributed by atoms with Crippen molar-refractivity contribution in [1.29, 1.82) is 0 Å². The van der Waals surface area contributed by atoms with Crippen LogP contribution >= 0.6 is 0 Å². The molecule has 182 valence electrons. The minimum absolute atomic E-state index is 0.255. The van der Waals surface area contributed by atoms with Crippen molar-refractivity contribution in [2.75, 3.05) is 5.32 Å². The lowest BCUT2D eigenvalue weighted by Crippen LogP contribution is -2.21. The number of nitrogens with one attached hydrogen (secondary N) is 2. The molecule has 1 atom stereocenters. The van der Waals surface area contributed by atoms with Crippen LogP contribution in [0.15, 0.2) is 89.9 Å². The van der Waals surface area contributed by atoms with E-state index in [1.165, 1.54) is 10.8 Å². The van der Waals surface area contributed by atoms with Crippen LogP contribution in [0.2, 0.25) is 0 Å². The van der Waals surface area contributed by atoms with Crippen molar-refractivity contribution in [3.8, 4) is 16.8 Å². The lowest BCUT2D eigenvalue weighted by Gasteiger charge is -2.15. The second kappa shape index (κ2) is 9.22. The Balaban J connectivity index is 1.31. The molecular formula is C28H25N3O5. The maximum atomic E-state index is 12.5. The van der Waals surface area contributed by atoms with E-state index >= 15 is 0 Å². The molecule has 3 aromatic carbocycles. The lowest BCUT2D eigenvalue weighted by atomic mass is 9.94. The number of nitrogens with zero attached hydrogens (tertiary/aromatic N) is 1. The maximum Gasteiger partial charge on any atom is 0.413 e. The summed E-state index contributed by atoms with van der Waals surface area (Å²) in [6.45, 7) is 1.77. The first kappa shape index (κ1) is 23.2. The largest absolute Gasteiger partial charge is 0.481 e. The number of carboxylic acid groups (broad SMARTS) is 1. The summed E-state index contributed by atoms with van der Waals surface area (Å²) < 4.78 is 6.81. The summed E-state index contributed by atoms with van der Waals surface area (Å²) in [5.41, 5.74) is 2.96. The van der Waals surface area contributed by atoms with Crippen molar-refractivity contribution in [2.24, 2.45) is 0 Å². The Morgan fingerprint density at radius 3 is 2.17 bits per heavy atom. The Hall–Kier alpha value is -4.59. The number of aliphatic carboxylic acids is 1. The third kappa shape index (κ3) is 4.40. The summed E-state index contributed by atoms with van der Waals surface area (Å²) in [5, 5.41) is 12.1. The first-order valence-corrected chi connectivity index (χ1v) is 11.7. The van der Waals surface area contributed by atoms with Crippen LogP contribution < -0.4 is 11.0 Å². The molecular weight excluding hydrogens is 458 g/mol. The first-order valence-electron chi connectivity index (χ1n) is 11.7. The topological polar surface area (TPSA) is 113 Å². The van der Waals surface area contributed by atoms with Crippen LogP contribution in [0.5, 0.6) is 0 Å². The molecule has 36 heavy (non-hydrogen) atoms. The van der Waals surface area contributed by atoms with Crippen molar-refractivity contribution in [3.05, 3.63) is 107 Å². The predicted molar refractivity (Wildman–Crippen MR) is 135 cm³/mol. The Morgan fingerprint density at radius 2 is 1.58 bits per heavy atom. The Labute approximate surface area is 207 Å². The fourth-order valence-electron chi connectivity index (χ4n) is 4.34. The van der Waals surface area contributed by atoms with Crippen LogP contribution in [0.4, 0.5) is 10.6 Å². The maximum absolute atomic E-state index is 12.5. The Kier molecular flexibility index (Phi) is 5.93. The molecule has 3 N–H and O–H groups in total. The van der Waals surface area contributed by atoms with Gasteiger partial charge in [0.2, 0.25) is 0 Å². The molecule has 5 rings (SSSR count). The predicted octanol–water partition coefficient (Wildman–Crippen LogP) is 5.26. The third-order valence-electron chi connectivity index (χ3n) is 6.61. The van der Waals surface area contributed by atoms with Crippen LogP contribution in [-0.4, -0.2) is 26.7 Å². The van der Waals surface area contributed by atoms with Crippen LogP contribution in [0.3, 0.4) is 0 Å². The number of hydrogen-bond acceptors (Lipinski definition) is 4. The van der Waals surface area contributed by atoms with Crippen molar-refractivity contribution in [1.82, 2.24) is 9.55 Å². The van der Waals surface area contributed by atoms with E-state index in [0.29, 0.717) is 18.5 Å². The molecule has 1 unspecified atom stereocenters.